The lowest BCUT2D eigenvalue weighted by Gasteiger charge is -2.29. The molecule has 166 valence electrons. The van der Waals surface area contributed by atoms with Crippen molar-refractivity contribution in [3.05, 3.63) is 44.6 Å². The van der Waals surface area contributed by atoms with Crippen molar-refractivity contribution in [2.45, 2.75) is 78.2 Å². The van der Waals surface area contributed by atoms with Crippen LogP contribution in [0, 0.1) is 42.4 Å². The molecule has 0 bridgehead atoms. The molecule has 0 saturated heterocycles. The number of amides is 1. The van der Waals surface area contributed by atoms with Crippen LogP contribution in [-0.4, -0.2) is 16.5 Å². The van der Waals surface area contributed by atoms with Crippen LogP contribution in [0.1, 0.15) is 78.4 Å². The molecule has 0 aromatic carbocycles. The van der Waals surface area contributed by atoms with Crippen molar-refractivity contribution < 1.29 is 4.79 Å². The third kappa shape index (κ3) is 4.12. The van der Waals surface area contributed by atoms with Crippen molar-refractivity contribution in [2.24, 2.45) is 5.92 Å². The number of fused-ring (bicyclic) bond motifs is 1. The summed E-state index contributed by atoms with van der Waals surface area (Å²) >= 11 is 1.71. The lowest BCUT2D eigenvalue weighted by atomic mass is 9.86. The Bertz CT molecular complexity index is 1150. The molecule has 2 aliphatic rings. The molecule has 0 unspecified atom stereocenters. The van der Waals surface area contributed by atoms with Gasteiger partial charge in [0.1, 0.15) is 22.7 Å². The number of nitrogens with one attached hydrogen (secondary N) is 1. The standard InChI is InChI=1S/C26H30N4OS/c1-16-8-4-6-10-23(16)29-25(31)20(14-27)13-19-12-17(2)30(18(19)3)26-22(15-28)21-9-5-7-11-24(21)32-26/h12-13,16,23H,4-11H2,1-3H3,(H,29,31)/b20-13+/t16-,23+/m0/s1. The zero-order chi connectivity index (χ0) is 22.8. The first-order chi connectivity index (χ1) is 15.4. The van der Waals surface area contributed by atoms with Gasteiger partial charge in [0.2, 0.25) is 0 Å². The molecule has 0 radical (unpaired) electrons. The molecule has 1 fully saturated rings. The van der Waals surface area contributed by atoms with Crippen LogP contribution >= 0.6 is 11.3 Å². The van der Waals surface area contributed by atoms with E-state index in [1.807, 2.05) is 19.9 Å². The molecule has 4 rings (SSSR count). The van der Waals surface area contributed by atoms with Gasteiger partial charge in [-0.05, 0) is 81.6 Å². The molecule has 2 aromatic rings. The highest BCUT2D eigenvalue weighted by Gasteiger charge is 2.26. The van der Waals surface area contributed by atoms with Gasteiger partial charge < -0.3 is 9.88 Å². The Labute approximate surface area is 194 Å². The molecule has 1 amide bonds. The first kappa shape index (κ1) is 22.4. The lowest BCUT2D eigenvalue weighted by molar-refractivity contribution is -0.118. The van der Waals surface area contributed by atoms with Gasteiger partial charge in [0.05, 0.1) is 5.56 Å². The predicted octanol–water partition coefficient (Wildman–Crippen LogP) is 5.51. The summed E-state index contributed by atoms with van der Waals surface area (Å²) in [6.45, 7) is 6.18. The second-order valence-corrected chi connectivity index (χ2v) is 10.3. The summed E-state index contributed by atoms with van der Waals surface area (Å²) in [5, 5.41) is 23.6. The number of nitriles is 2. The minimum Gasteiger partial charge on any atom is -0.348 e. The summed E-state index contributed by atoms with van der Waals surface area (Å²) in [6, 6.07) is 6.68. The maximum atomic E-state index is 12.8. The van der Waals surface area contributed by atoms with Crippen LogP contribution < -0.4 is 5.32 Å². The zero-order valence-corrected chi connectivity index (χ0v) is 19.9. The molecule has 32 heavy (non-hydrogen) atoms. The third-order valence-corrected chi connectivity index (χ3v) is 8.31. The van der Waals surface area contributed by atoms with E-state index in [-0.39, 0.29) is 17.5 Å². The zero-order valence-electron chi connectivity index (χ0n) is 19.1. The van der Waals surface area contributed by atoms with Crippen molar-refractivity contribution in [3.8, 4) is 17.1 Å². The van der Waals surface area contributed by atoms with E-state index in [1.54, 1.807) is 17.4 Å². The largest absolute Gasteiger partial charge is 0.348 e. The molecule has 5 nitrogen and oxygen atoms in total. The third-order valence-electron chi connectivity index (χ3n) is 7.03. The van der Waals surface area contributed by atoms with E-state index >= 15 is 0 Å². The van der Waals surface area contributed by atoms with Crippen LogP contribution in [0.25, 0.3) is 11.1 Å². The quantitative estimate of drug-likeness (QED) is 0.497. The Hall–Kier alpha value is -2.83. The fourth-order valence-electron chi connectivity index (χ4n) is 5.15. The van der Waals surface area contributed by atoms with Crippen molar-refractivity contribution >= 4 is 23.3 Å². The number of hydrogen-bond acceptors (Lipinski definition) is 4. The van der Waals surface area contributed by atoms with Crippen LogP contribution in [0.2, 0.25) is 0 Å². The average molecular weight is 447 g/mol. The molecule has 0 aliphatic heterocycles. The minimum absolute atomic E-state index is 0.133. The summed E-state index contributed by atoms with van der Waals surface area (Å²) in [7, 11) is 0. The molecule has 6 heteroatoms. The van der Waals surface area contributed by atoms with Gasteiger partial charge in [0, 0.05) is 22.3 Å². The van der Waals surface area contributed by atoms with Gasteiger partial charge in [-0.15, -0.1) is 11.3 Å². The van der Waals surface area contributed by atoms with E-state index in [0.717, 1.165) is 66.0 Å². The Kier molecular flexibility index (Phi) is 6.53. The maximum absolute atomic E-state index is 12.8. The van der Waals surface area contributed by atoms with E-state index in [2.05, 4.69) is 28.9 Å². The number of thiophene rings is 1. The Morgan fingerprint density at radius 2 is 1.94 bits per heavy atom. The van der Waals surface area contributed by atoms with Gasteiger partial charge in [0.15, 0.2) is 0 Å². The second-order valence-electron chi connectivity index (χ2n) is 9.18. The SMILES string of the molecule is Cc1cc(/C=C(\C#N)C(=O)N[C@@H]2CCCC[C@@H]2C)c(C)n1-c1sc2c(c1C#N)CCCC2. The van der Waals surface area contributed by atoms with Gasteiger partial charge >= 0.3 is 0 Å². The van der Waals surface area contributed by atoms with Crippen molar-refractivity contribution in [3.63, 3.8) is 0 Å². The highest BCUT2D eigenvalue weighted by Crippen LogP contribution is 2.38. The van der Waals surface area contributed by atoms with Crippen LogP contribution in [0.4, 0.5) is 0 Å². The van der Waals surface area contributed by atoms with Gasteiger partial charge in [-0.3, -0.25) is 4.79 Å². The average Bonchev–Trinajstić information content (AvgIpc) is 3.28. The smallest absolute Gasteiger partial charge is 0.262 e. The lowest BCUT2D eigenvalue weighted by Crippen LogP contribution is -2.41. The van der Waals surface area contributed by atoms with Gasteiger partial charge in [-0.1, -0.05) is 19.8 Å². The number of hydrogen-bond donors (Lipinski definition) is 1. The molecule has 1 N–H and O–H groups in total. The van der Waals surface area contributed by atoms with E-state index < -0.39 is 0 Å². The Morgan fingerprint density at radius 3 is 2.66 bits per heavy atom. The molecule has 2 atom stereocenters. The van der Waals surface area contributed by atoms with Crippen LogP contribution in [0.15, 0.2) is 11.6 Å². The summed E-state index contributed by atoms with van der Waals surface area (Å²) in [6.07, 6.45) is 10.4. The van der Waals surface area contributed by atoms with E-state index in [0.29, 0.717) is 5.92 Å². The normalized spacial score (nSPS) is 20.8. The first-order valence-electron chi connectivity index (χ1n) is 11.6. The minimum atomic E-state index is -0.291. The predicted molar refractivity (Wildman–Crippen MR) is 128 cm³/mol. The fourth-order valence-corrected chi connectivity index (χ4v) is 6.60. The second kappa shape index (κ2) is 9.35. The number of rotatable bonds is 4. The van der Waals surface area contributed by atoms with Gasteiger partial charge in [0.25, 0.3) is 5.91 Å². The molecule has 2 heterocycles. The number of carbonyl (C=O) groups excluding carboxylic acids is 1. The van der Waals surface area contributed by atoms with E-state index in [9.17, 15) is 15.3 Å². The first-order valence-corrected chi connectivity index (χ1v) is 12.4. The van der Waals surface area contributed by atoms with E-state index in [1.165, 1.54) is 23.3 Å². The van der Waals surface area contributed by atoms with Crippen LogP contribution in [0.3, 0.4) is 0 Å². The molecular formula is C26H30N4OS. The van der Waals surface area contributed by atoms with E-state index in [4.69, 9.17) is 0 Å². The summed E-state index contributed by atoms with van der Waals surface area (Å²) < 4.78 is 2.11. The summed E-state index contributed by atoms with van der Waals surface area (Å²) in [5.74, 6) is 0.146. The number of aryl methyl sites for hydroxylation is 2. The molecule has 0 spiro atoms. The molecule has 2 aromatic heterocycles. The van der Waals surface area contributed by atoms with Crippen molar-refractivity contribution in [2.75, 3.05) is 0 Å². The number of nitrogens with zero attached hydrogens (tertiary/aromatic N) is 3. The summed E-state index contributed by atoms with van der Waals surface area (Å²) in [4.78, 5) is 14.2. The Balaban J connectivity index is 1.66. The molecular weight excluding hydrogens is 416 g/mol. The van der Waals surface area contributed by atoms with Crippen LogP contribution in [0.5, 0.6) is 0 Å². The topological polar surface area (TPSA) is 81.6 Å². The highest BCUT2D eigenvalue weighted by atomic mass is 32.1. The highest BCUT2D eigenvalue weighted by molar-refractivity contribution is 7.15. The monoisotopic (exact) mass is 446 g/mol. The number of aromatic nitrogens is 1. The van der Waals surface area contributed by atoms with Crippen LogP contribution in [-0.2, 0) is 17.6 Å². The van der Waals surface area contributed by atoms with Crippen molar-refractivity contribution in [1.29, 1.82) is 10.5 Å². The van der Waals surface area contributed by atoms with Gasteiger partial charge in [-0.25, -0.2) is 0 Å². The summed E-state index contributed by atoms with van der Waals surface area (Å²) in [5.41, 5.74) is 4.93. The van der Waals surface area contributed by atoms with Gasteiger partial charge in [-0.2, -0.15) is 10.5 Å². The maximum Gasteiger partial charge on any atom is 0.262 e. The number of carbonyl (C=O) groups is 1. The molecule has 1 saturated carbocycles. The molecule has 2 aliphatic carbocycles. The Morgan fingerprint density at radius 1 is 1.19 bits per heavy atom. The fraction of sp³-hybridized carbons (Fsp3) is 0.500. The van der Waals surface area contributed by atoms with Crippen molar-refractivity contribution in [1.82, 2.24) is 9.88 Å².